The number of thiazole rings is 1. The van der Waals surface area contributed by atoms with E-state index in [1.54, 1.807) is 13.1 Å². The van der Waals surface area contributed by atoms with Crippen molar-refractivity contribution in [1.29, 1.82) is 0 Å². The third-order valence-electron chi connectivity index (χ3n) is 9.72. The van der Waals surface area contributed by atoms with E-state index in [2.05, 4.69) is 15.7 Å². The Labute approximate surface area is 294 Å². The van der Waals surface area contributed by atoms with Crippen LogP contribution >= 0.6 is 22.9 Å². The molecule has 2 saturated heterocycles. The van der Waals surface area contributed by atoms with Crippen molar-refractivity contribution in [2.45, 2.75) is 71.1 Å². The van der Waals surface area contributed by atoms with Crippen LogP contribution in [0.15, 0.2) is 42.7 Å². The first-order valence-corrected chi connectivity index (χ1v) is 17.9. The van der Waals surface area contributed by atoms with E-state index in [0.717, 1.165) is 77.1 Å². The van der Waals surface area contributed by atoms with Crippen LogP contribution in [0, 0.1) is 6.92 Å². The van der Waals surface area contributed by atoms with Crippen molar-refractivity contribution in [3.63, 3.8) is 0 Å². The number of nitrogens with zero attached hydrogens (tertiary/aromatic N) is 6. The van der Waals surface area contributed by atoms with Crippen molar-refractivity contribution >= 4 is 56.2 Å². The molecule has 10 nitrogen and oxygen atoms in total. The number of benzene rings is 2. The topological polar surface area (TPSA) is 114 Å². The van der Waals surface area contributed by atoms with Gasteiger partial charge in [-0.05, 0) is 88.9 Å². The number of carboxylic acid groups (broad SMARTS) is 1. The molecule has 0 spiro atoms. The van der Waals surface area contributed by atoms with Crippen molar-refractivity contribution in [2.75, 3.05) is 26.2 Å². The third kappa shape index (κ3) is 6.45. The molecule has 49 heavy (non-hydrogen) atoms. The maximum atomic E-state index is 12.7. The number of halogens is 1. The molecule has 1 amide bonds. The summed E-state index contributed by atoms with van der Waals surface area (Å²) in [5.41, 5.74) is 6.66. The van der Waals surface area contributed by atoms with Crippen LogP contribution in [0.1, 0.15) is 69.2 Å². The quantitative estimate of drug-likeness (QED) is 0.189. The first-order chi connectivity index (χ1) is 23.3. The molecule has 3 aromatic heterocycles. The average Bonchev–Trinajstić information content (AvgIpc) is 3.59. The summed E-state index contributed by atoms with van der Waals surface area (Å²) < 4.78 is 9.08. The second kappa shape index (κ2) is 12.8. The van der Waals surface area contributed by atoms with Crippen LogP contribution in [-0.2, 0) is 21.4 Å². The lowest BCUT2D eigenvalue weighted by molar-refractivity contribution is -0.160. The number of ether oxygens (including phenoxy) is 1. The summed E-state index contributed by atoms with van der Waals surface area (Å²) in [7, 11) is 2.01. The number of carbonyl (C=O) groups excluding carboxylic acids is 1. The van der Waals surface area contributed by atoms with Crippen LogP contribution in [0.25, 0.3) is 43.2 Å². The summed E-state index contributed by atoms with van der Waals surface area (Å²) in [6, 6.07) is 9.84. The molecule has 1 atom stereocenters. The number of carboxylic acids is 1. The Morgan fingerprint density at radius 1 is 1.10 bits per heavy atom. The SMILES string of the molecule is CC(=O)N1CC(N2CCC(c3cn(C)c4ncc(-c5nc6cc(C)c([C@H](OC(C)(C)C)C(=O)O)c(-c7ccc(Cl)cc7)c6s5)nc34)CC2)C1. The van der Waals surface area contributed by atoms with Gasteiger partial charge in [0.05, 0.1) is 22.0 Å². The Balaban J connectivity index is 1.27. The molecule has 2 aliphatic rings. The summed E-state index contributed by atoms with van der Waals surface area (Å²) in [6.45, 7) is 12.8. The highest BCUT2D eigenvalue weighted by molar-refractivity contribution is 7.22. The molecule has 256 valence electrons. The Hall–Kier alpha value is -3.90. The van der Waals surface area contributed by atoms with Gasteiger partial charge in [-0.3, -0.25) is 9.69 Å². The summed E-state index contributed by atoms with van der Waals surface area (Å²) in [6.07, 6.45) is 4.81. The van der Waals surface area contributed by atoms with E-state index in [1.165, 1.54) is 16.9 Å². The monoisotopic (exact) mass is 700 g/mol. The minimum absolute atomic E-state index is 0.153. The van der Waals surface area contributed by atoms with Crippen molar-refractivity contribution in [1.82, 2.24) is 29.3 Å². The molecule has 2 aromatic carbocycles. The molecule has 0 bridgehead atoms. The van der Waals surface area contributed by atoms with Gasteiger partial charge in [-0.25, -0.2) is 19.7 Å². The largest absolute Gasteiger partial charge is 0.479 e. The molecule has 0 unspecified atom stereocenters. The lowest BCUT2D eigenvalue weighted by Gasteiger charge is -2.47. The van der Waals surface area contributed by atoms with E-state index in [0.29, 0.717) is 33.2 Å². The van der Waals surface area contributed by atoms with Crippen molar-refractivity contribution in [2.24, 2.45) is 7.05 Å². The van der Waals surface area contributed by atoms with Crippen molar-refractivity contribution in [3.05, 3.63) is 64.4 Å². The van der Waals surface area contributed by atoms with Gasteiger partial charge < -0.3 is 19.3 Å². The zero-order chi connectivity index (χ0) is 34.8. The number of piperidine rings is 1. The van der Waals surface area contributed by atoms with Gasteiger partial charge in [-0.15, -0.1) is 11.3 Å². The van der Waals surface area contributed by atoms with Gasteiger partial charge in [-0.1, -0.05) is 23.7 Å². The van der Waals surface area contributed by atoms with Gasteiger partial charge in [0, 0.05) is 61.0 Å². The average molecular weight is 701 g/mol. The van der Waals surface area contributed by atoms with Crippen LogP contribution in [0.3, 0.4) is 0 Å². The molecule has 7 rings (SSSR count). The first kappa shape index (κ1) is 33.6. The second-order valence-corrected chi connectivity index (χ2v) is 15.8. The van der Waals surface area contributed by atoms with Crippen LogP contribution in [0.4, 0.5) is 0 Å². The Kier molecular flexibility index (Phi) is 8.75. The molecule has 0 radical (unpaired) electrons. The molecule has 12 heteroatoms. The fourth-order valence-electron chi connectivity index (χ4n) is 7.23. The van der Waals surface area contributed by atoms with Crippen molar-refractivity contribution in [3.8, 4) is 21.8 Å². The fraction of sp³-hybridized carbons (Fsp3) is 0.432. The predicted molar refractivity (Wildman–Crippen MR) is 193 cm³/mol. The number of rotatable bonds is 7. The molecule has 0 aliphatic carbocycles. The van der Waals surface area contributed by atoms with E-state index in [-0.39, 0.29) is 5.91 Å². The van der Waals surface area contributed by atoms with Crippen LogP contribution < -0.4 is 0 Å². The van der Waals surface area contributed by atoms with Gasteiger partial charge in [0.1, 0.15) is 16.2 Å². The first-order valence-electron chi connectivity index (χ1n) is 16.7. The summed E-state index contributed by atoms with van der Waals surface area (Å²) in [4.78, 5) is 43.9. The normalized spacial score (nSPS) is 17.2. The van der Waals surface area contributed by atoms with Crippen LogP contribution in [-0.4, -0.2) is 84.1 Å². The standard InChI is InChI=1S/C37H41ClN6O4S/c1-20-15-27-33(30(23-7-9-24(38)10-8-23)29(20)32(36(46)47)48-37(3,4)5)49-35(41-27)28-16-39-34-31(40-28)26(19-42(34)6)22-11-13-43(14-12-22)25-17-44(18-25)21(2)45/h7-10,15-16,19,22,25,32H,11-14,17-18H2,1-6H3,(H,46,47)/t32-/m0/s1. The molecular formula is C37H41ClN6O4S. The molecule has 5 heterocycles. The van der Waals surface area contributed by atoms with Gasteiger partial charge in [0.2, 0.25) is 5.91 Å². The van der Waals surface area contributed by atoms with Gasteiger partial charge in [0.25, 0.3) is 0 Å². The third-order valence-corrected chi connectivity index (χ3v) is 11.1. The van der Waals surface area contributed by atoms with Crippen LogP contribution in [0.5, 0.6) is 0 Å². The fourth-order valence-corrected chi connectivity index (χ4v) is 8.44. The zero-order valence-corrected chi connectivity index (χ0v) is 30.2. The Morgan fingerprint density at radius 2 is 1.80 bits per heavy atom. The zero-order valence-electron chi connectivity index (χ0n) is 28.7. The van der Waals surface area contributed by atoms with E-state index < -0.39 is 17.7 Å². The van der Waals surface area contributed by atoms with E-state index in [4.69, 9.17) is 31.3 Å². The number of hydrogen-bond donors (Lipinski definition) is 1. The van der Waals surface area contributed by atoms with Gasteiger partial charge in [0.15, 0.2) is 11.8 Å². The minimum atomic E-state index is -1.19. The maximum absolute atomic E-state index is 12.7. The highest BCUT2D eigenvalue weighted by Gasteiger charge is 2.36. The molecule has 2 aliphatic heterocycles. The maximum Gasteiger partial charge on any atom is 0.337 e. The van der Waals surface area contributed by atoms with Crippen LogP contribution in [0.2, 0.25) is 5.02 Å². The lowest BCUT2D eigenvalue weighted by atomic mass is 9.89. The highest BCUT2D eigenvalue weighted by atomic mass is 35.5. The Bertz CT molecular complexity index is 2070. The highest BCUT2D eigenvalue weighted by Crippen LogP contribution is 2.44. The molecular weight excluding hydrogens is 660 g/mol. The summed E-state index contributed by atoms with van der Waals surface area (Å²) >= 11 is 7.76. The summed E-state index contributed by atoms with van der Waals surface area (Å²) in [5, 5.41) is 11.7. The number of aryl methyl sites for hydroxylation is 2. The number of aromatic nitrogens is 4. The summed E-state index contributed by atoms with van der Waals surface area (Å²) in [5.74, 6) is -0.539. The van der Waals surface area contributed by atoms with E-state index in [1.807, 2.05) is 70.0 Å². The predicted octanol–water partition coefficient (Wildman–Crippen LogP) is 7.22. The number of carbonyl (C=O) groups is 2. The molecule has 2 fully saturated rings. The second-order valence-electron chi connectivity index (χ2n) is 14.3. The number of amides is 1. The van der Waals surface area contributed by atoms with Crippen molar-refractivity contribution < 1.29 is 19.4 Å². The minimum Gasteiger partial charge on any atom is -0.479 e. The van der Waals surface area contributed by atoms with Gasteiger partial charge in [-0.2, -0.15) is 0 Å². The molecule has 5 aromatic rings. The van der Waals surface area contributed by atoms with E-state index in [9.17, 15) is 14.7 Å². The number of likely N-dealkylation sites (tertiary alicyclic amines) is 2. The Morgan fingerprint density at radius 3 is 2.43 bits per heavy atom. The van der Waals surface area contributed by atoms with E-state index >= 15 is 0 Å². The number of hydrogen-bond acceptors (Lipinski definition) is 8. The molecule has 0 saturated carbocycles. The number of fused-ring (bicyclic) bond motifs is 2. The smallest absolute Gasteiger partial charge is 0.337 e. The number of aliphatic carboxylic acids is 1. The van der Waals surface area contributed by atoms with Gasteiger partial charge >= 0.3 is 5.97 Å². The molecule has 1 N–H and O–H groups in total. The lowest BCUT2D eigenvalue weighted by Crippen LogP contribution is -2.61.